The number of carbonyl (C=O) groups excluding carboxylic acids is 1. The van der Waals surface area contributed by atoms with E-state index in [-0.39, 0.29) is 3.79 Å². The minimum Gasteiger partial charge on any atom is -0.282 e. The highest BCUT2D eigenvalue weighted by Gasteiger charge is 2.07. The molecule has 10 heavy (non-hydrogen) atoms. The molecule has 1 aliphatic rings. The van der Waals surface area contributed by atoms with Crippen LogP contribution < -0.4 is 0 Å². The number of rotatable bonds is 1. The zero-order chi connectivity index (χ0) is 7.56. The molecule has 54 valence electrons. The summed E-state index contributed by atoms with van der Waals surface area (Å²) in [5.74, 6) is 0. The normalized spacial score (nSPS) is 24.2. The molecule has 0 spiro atoms. The molecule has 0 N–H and O–H groups in total. The molecule has 0 radical (unpaired) electrons. The van der Waals surface area contributed by atoms with Gasteiger partial charge < -0.3 is 0 Å². The van der Waals surface area contributed by atoms with Crippen molar-refractivity contribution in [3.8, 4) is 0 Å². The number of hydrogen-bond donors (Lipinski definition) is 1. The number of hydrogen-bond acceptors (Lipinski definition) is 2. The molecular weight excluding hydrogens is 259 g/mol. The Morgan fingerprint density at radius 2 is 2.50 bits per heavy atom. The van der Waals surface area contributed by atoms with Gasteiger partial charge in [-0.15, -0.1) is 0 Å². The van der Waals surface area contributed by atoms with E-state index < -0.39 is 0 Å². The van der Waals surface area contributed by atoms with Crippen LogP contribution in [0.1, 0.15) is 6.42 Å². The molecule has 0 saturated heterocycles. The molecule has 1 aliphatic carbocycles. The Morgan fingerprint density at radius 3 is 2.90 bits per heavy atom. The fourth-order valence-corrected chi connectivity index (χ4v) is 1.35. The average molecular weight is 266 g/mol. The fraction of sp³-hybridized carbons (Fsp3) is 0.286. The van der Waals surface area contributed by atoms with Crippen molar-refractivity contribution in [1.82, 2.24) is 0 Å². The number of allylic oxidation sites excluding steroid dienone is 3. The minimum atomic E-state index is 0.106. The van der Waals surface area contributed by atoms with Gasteiger partial charge in [0.25, 0.3) is 0 Å². The summed E-state index contributed by atoms with van der Waals surface area (Å²) < 4.78 is 0.106. The first-order valence-electron chi connectivity index (χ1n) is 2.96. The number of thiol groups is 1. The summed E-state index contributed by atoms with van der Waals surface area (Å²) in [4.78, 5) is 10.7. The van der Waals surface area contributed by atoms with Crippen LogP contribution in [0.5, 0.6) is 0 Å². The monoisotopic (exact) mass is 266 g/mol. The molecule has 1 unspecified atom stereocenters. The first kappa shape index (κ1) is 8.33. The first-order chi connectivity index (χ1) is 4.70. The van der Waals surface area contributed by atoms with Crippen LogP contribution in [0, 0.1) is 0 Å². The van der Waals surface area contributed by atoms with Gasteiger partial charge in [0.2, 0.25) is 3.79 Å². The van der Waals surface area contributed by atoms with E-state index in [1.54, 1.807) is 22.6 Å². The molecular formula is C7H7IOS. The largest absolute Gasteiger partial charge is 0.282 e. The Labute approximate surface area is 79.1 Å². The average Bonchev–Trinajstić information content (AvgIpc) is 1.88. The zero-order valence-corrected chi connectivity index (χ0v) is 8.30. The summed E-state index contributed by atoms with van der Waals surface area (Å²) in [7, 11) is 0. The van der Waals surface area contributed by atoms with Gasteiger partial charge in [0, 0.05) is 33.4 Å². The molecule has 0 bridgehead atoms. The second-order valence-electron chi connectivity index (χ2n) is 2.10. The van der Waals surface area contributed by atoms with Gasteiger partial charge in [-0.1, -0.05) is 18.2 Å². The Bertz CT molecular complexity index is 208. The maximum Gasteiger partial charge on any atom is 0.222 e. The molecule has 0 heterocycles. The van der Waals surface area contributed by atoms with Crippen molar-refractivity contribution < 1.29 is 4.79 Å². The van der Waals surface area contributed by atoms with E-state index in [4.69, 9.17) is 0 Å². The van der Waals surface area contributed by atoms with Crippen LogP contribution in [-0.4, -0.2) is 9.04 Å². The molecule has 3 heteroatoms. The van der Waals surface area contributed by atoms with Gasteiger partial charge in [-0.2, -0.15) is 12.6 Å². The van der Waals surface area contributed by atoms with Crippen molar-refractivity contribution in [2.75, 3.05) is 0 Å². The second-order valence-corrected chi connectivity index (χ2v) is 3.74. The SMILES string of the molecule is O=C(I)C1=CCC(S)C=C1. The molecule has 1 nitrogen and oxygen atoms in total. The molecule has 0 saturated carbocycles. The van der Waals surface area contributed by atoms with Gasteiger partial charge in [0.1, 0.15) is 0 Å². The van der Waals surface area contributed by atoms with Crippen molar-refractivity contribution in [2.45, 2.75) is 11.7 Å². The third-order valence-electron chi connectivity index (χ3n) is 1.30. The summed E-state index contributed by atoms with van der Waals surface area (Å²) in [6, 6.07) is 0. The molecule has 1 rings (SSSR count). The topological polar surface area (TPSA) is 17.1 Å². The van der Waals surface area contributed by atoms with Gasteiger partial charge in [0.05, 0.1) is 0 Å². The van der Waals surface area contributed by atoms with E-state index in [2.05, 4.69) is 12.6 Å². The number of halogens is 1. The third kappa shape index (κ3) is 2.12. The van der Waals surface area contributed by atoms with Crippen LogP contribution in [0.3, 0.4) is 0 Å². The standard InChI is InChI=1S/C7H7IOS/c8-7(9)5-1-3-6(10)4-2-5/h1-3,6,10H,4H2. The maximum absolute atomic E-state index is 10.7. The third-order valence-corrected chi connectivity index (χ3v) is 2.31. The van der Waals surface area contributed by atoms with E-state index >= 15 is 0 Å². The van der Waals surface area contributed by atoms with E-state index in [0.29, 0.717) is 5.25 Å². The lowest BCUT2D eigenvalue weighted by Crippen LogP contribution is -2.00. The van der Waals surface area contributed by atoms with Gasteiger partial charge in [-0.25, -0.2) is 0 Å². The molecule has 0 fully saturated rings. The van der Waals surface area contributed by atoms with Crippen LogP contribution in [-0.2, 0) is 4.79 Å². The van der Waals surface area contributed by atoms with Gasteiger partial charge in [-0.05, 0) is 6.42 Å². The number of carbonyl (C=O) groups is 1. The molecule has 0 aromatic heterocycles. The lowest BCUT2D eigenvalue weighted by Gasteiger charge is -2.07. The van der Waals surface area contributed by atoms with E-state index in [1.807, 2.05) is 18.2 Å². The fourth-order valence-electron chi connectivity index (χ4n) is 0.755. The van der Waals surface area contributed by atoms with Crippen molar-refractivity contribution in [3.05, 3.63) is 23.8 Å². The highest BCUT2D eigenvalue weighted by Crippen LogP contribution is 2.16. The van der Waals surface area contributed by atoms with Crippen LogP contribution in [0.25, 0.3) is 0 Å². The smallest absolute Gasteiger partial charge is 0.222 e. The Balaban J connectivity index is 2.67. The zero-order valence-electron chi connectivity index (χ0n) is 5.25. The van der Waals surface area contributed by atoms with Gasteiger partial charge in [-0.3, -0.25) is 4.79 Å². The first-order valence-corrected chi connectivity index (χ1v) is 4.56. The predicted octanol–water partition coefficient (Wildman–Crippen LogP) is 2.13. The van der Waals surface area contributed by atoms with Crippen LogP contribution >= 0.6 is 35.2 Å². The van der Waals surface area contributed by atoms with Crippen molar-refractivity contribution >= 4 is 39.0 Å². The van der Waals surface area contributed by atoms with Crippen LogP contribution in [0.15, 0.2) is 23.8 Å². The van der Waals surface area contributed by atoms with Gasteiger partial charge in [0.15, 0.2) is 0 Å². The summed E-state index contributed by atoms with van der Waals surface area (Å²) >= 11 is 6.01. The predicted molar refractivity (Wildman–Crippen MR) is 53.6 cm³/mol. The molecule has 0 aromatic carbocycles. The molecule has 0 amide bonds. The van der Waals surface area contributed by atoms with E-state index in [9.17, 15) is 4.79 Å². The van der Waals surface area contributed by atoms with Crippen LogP contribution in [0.4, 0.5) is 0 Å². The summed E-state index contributed by atoms with van der Waals surface area (Å²) in [5.41, 5.74) is 0.797. The summed E-state index contributed by atoms with van der Waals surface area (Å²) in [5, 5.41) is 0.291. The van der Waals surface area contributed by atoms with E-state index in [0.717, 1.165) is 12.0 Å². The lowest BCUT2D eigenvalue weighted by atomic mass is 10.1. The Kier molecular flexibility index (Phi) is 2.97. The highest BCUT2D eigenvalue weighted by atomic mass is 127. The van der Waals surface area contributed by atoms with Crippen LogP contribution in [0.2, 0.25) is 0 Å². The maximum atomic E-state index is 10.7. The Morgan fingerprint density at radius 1 is 1.80 bits per heavy atom. The summed E-state index contributed by atoms with van der Waals surface area (Å²) in [6.07, 6.45) is 6.56. The quantitative estimate of drug-likeness (QED) is 0.437. The van der Waals surface area contributed by atoms with Crippen molar-refractivity contribution in [2.24, 2.45) is 0 Å². The van der Waals surface area contributed by atoms with Gasteiger partial charge >= 0.3 is 0 Å². The van der Waals surface area contributed by atoms with Crippen molar-refractivity contribution in [1.29, 1.82) is 0 Å². The lowest BCUT2D eigenvalue weighted by molar-refractivity contribution is -0.106. The van der Waals surface area contributed by atoms with Crippen molar-refractivity contribution in [3.63, 3.8) is 0 Å². The Hall–Kier alpha value is 0.230. The summed E-state index contributed by atoms with van der Waals surface area (Å²) in [6.45, 7) is 0. The molecule has 1 atom stereocenters. The second kappa shape index (κ2) is 3.57. The molecule has 0 aliphatic heterocycles. The molecule has 0 aromatic rings. The highest BCUT2D eigenvalue weighted by molar-refractivity contribution is 14.1. The van der Waals surface area contributed by atoms with E-state index in [1.165, 1.54) is 0 Å². The minimum absolute atomic E-state index is 0.106.